The lowest BCUT2D eigenvalue weighted by Crippen LogP contribution is -2.16. The lowest BCUT2D eigenvalue weighted by molar-refractivity contribution is 0.188. The monoisotopic (exact) mass is 195 g/mol. The molecule has 0 aliphatic carbocycles. The van der Waals surface area contributed by atoms with Crippen LogP contribution in [0.5, 0.6) is 0 Å². The van der Waals surface area contributed by atoms with Gasteiger partial charge in [0.1, 0.15) is 5.82 Å². The van der Waals surface area contributed by atoms with E-state index < -0.39 is 0 Å². The second kappa shape index (κ2) is 4.93. The van der Waals surface area contributed by atoms with Crippen LogP contribution in [0.3, 0.4) is 0 Å². The molecule has 0 bridgehead atoms. The average molecular weight is 195 g/mol. The van der Waals surface area contributed by atoms with Crippen LogP contribution in [0.25, 0.3) is 0 Å². The Morgan fingerprint density at radius 1 is 1.57 bits per heavy atom. The molecule has 78 valence electrons. The summed E-state index contributed by atoms with van der Waals surface area (Å²) < 4.78 is 4.97. The van der Waals surface area contributed by atoms with Crippen LogP contribution in [-0.4, -0.2) is 18.7 Å². The first-order valence-corrected chi connectivity index (χ1v) is 4.62. The second-order valence-corrected chi connectivity index (χ2v) is 3.31. The Balaban J connectivity index is 2.82. The van der Waals surface area contributed by atoms with Crippen molar-refractivity contribution in [3.8, 4) is 0 Å². The molecule has 1 atom stereocenters. The Kier molecular flexibility index (Phi) is 3.85. The van der Waals surface area contributed by atoms with Gasteiger partial charge in [0.15, 0.2) is 0 Å². The minimum Gasteiger partial charge on any atom is -0.385 e. The fraction of sp³-hybridized carbons (Fsp3) is 0.500. The Morgan fingerprint density at radius 2 is 2.29 bits per heavy atom. The summed E-state index contributed by atoms with van der Waals surface area (Å²) >= 11 is 0. The second-order valence-electron chi connectivity index (χ2n) is 3.31. The number of nitrogen functional groups attached to an aromatic ring is 1. The molecular formula is C10H17N3O. The highest BCUT2D eigenvalue weighted by molar-refractivity contribution is 5.45. The Morgan fingerprint density at radius 3 is 2.86 bits per heavy atom. The van der Waals surface area contributed by atoms with E-state index in [1.165, 1.54) is 0 Å². The van der Waals surface area contributed by atoms with E-state index >= 15 is 0 Å². The molecule has 0 amide bonds. The van der Waals surface area contributed by atoms with Crippen molar-refractivity contribution in [3.63, 3.8) is 0 Å². The topological polar surface area (TPSA) is 74.2 Å². The summed E-state index contributed by atoms with van der Waals surface area (Å²) in [6.45, 7) is 2.62. The number of anilines is 1. The van der Waals surface area contributed by atoms with Crippen LogP contribution in [0.4, 0.5) is 5.82 Å². The molecule has 1 rings (SSSR count). The van der Waals surface area contributed by atoms with Crippen molar-refractivity contribution in [3.05, 3.63) is 23.4 Å². The van der Waals surface area contributed by atoms with Crippen LogP contribution >= 0.6 is 0 Å². The van der Waals surface area contributed by atoms with Crippen molar-refractivity contribution in [2.45, 2.75) is 19.4 Å². The standard InChI is InChI=1S/C10H17N3O/c1-7-3-5-13-10(12)9(7)8(11)4-6-14-2/h3,5,8H,4,6,11H2,1-2H3,(H2,12,13). The summed E-state index contributed by atoms with van der Waals surface area (Å²) in [5.74, 6) is 0.522. The third-order valence-corrected chi connectivity index (χ3v) is 2.24. The Labute approximate surface area is 84.3 Å². The fourth-order valence-electron chi connectivity index (χ4n) is 1.46. The molecule has 0 saturated carbocycles. The van der Waals surface area contributed by atoms with E-state index in [-0.39, 0.29) is 6.04 Å². The largest absolute Gasteiger partial charge is 0.385 e. The number of hydrogen-bond acceptors (Lipinski definition) is 4. The highest BCUT2D eigenvalue weighted by atomic mass is 16.5. The van der Waals surface area contributed by atoms with E-state index in [0.717, 1.165) is 17.5 Å². The SMILES string of the molecule is COCCC(N)c1c(C)ccnc1N. The van der Waals surface area contributed by atoms with E-state index in [0.29, 0.717) is 12.4 Å². The molecule has 1 heterocycles. The third-order valence-electron chi connectivity index (χ3n) is 2.24. The van der Waals surface area contributed by atoms with Crippen LogP contribution < -0.4 is 11.5 Å². The van der Waals surface area contributed by atoms with Gasteiger partial charge < -0.3 is 16.2 Å². The van der Waals surface area contributed by atoms with E-state index in [1.54, 1.807) is 13.3 Å². The van der Waals surface area contributed by atoms with Gasteiger partial charge in [0, 0.05) is 31.5 Å². The highest BCUT2D eigenvalue weighted by Crippen LogP contribution is 2.22. The van der Waals surface area contributed by atoms with Crippen molar-refractivity contribution >= 4 is 5.82 Å². The predicted octanol–water partition coefficient (Wildman–Crippen LogP) is 1.01. The zero-order valence-corrected chi connectivity index (χ0v) is 8.66. The molecule has 0 spiro atoms. The van der Waals surface area contributed by atoms with Gasteiger partial charge in [-0.05, 0) is 25.0 Å². The summed E-state index contributed by atoms with van der Waals surface area (Å²) in [5.41, 5.74) is 13.8. The molecule has 1 aromatic heterocycles. The molecule has 4 N–H and O–H groups in total. The van der Waals surface area contributed by atoms with Crippen molar-refractivity contribution in [1.82, 2.24) is 4.98 Å². The van der Waals surface area contributed by atoms with Crippen LogP contribution in [0.15, 0.2) is 12.3 Å². The summed E-state index contributed by atoms with van der Waals surface area (Å²) in [6.07, 6.45) is 2.45. The van der Waals surface area contributed by atoms with Gasteiger partial charge in [-0.3, -0.25) is 0 Å². The van der Waals surface area contributed by atoms with Gasteiger partial charge in [0.25, 0.3) is 0 Å². The average Bonchev–Trinajstić information content (AvgIpc) is 2.14. The van der Waals surface area contributed by atoms with Gasteiger partial charge in [0.2, 0.25) is 0 Å². The van der Waals surface area contributed by atoms with Crippen LogP contribution in [-0.2, 0) is 4.74 Å². The number of aryl methyl sites for hydroxylation is 1. The molecule has 0 radical (unpaired) electrons. The smallest absolute Gasteiger partial charge is 0.128 e. The van der Waals surface area contributed by atoms with Gasteiger partial charge >= 0.3 is 0 Å². The molecule has 0 aromatic carbocycles. The van der Waals surface area contributed by atoms with Crippen molar-refractivity contribution < 1.29 is 4.74 Å². The third kappa shape index (κ3) is 2.43. The maximum absolute atomic E-state index is 5.98. The lowest BCUT2D eigenvalue weighted by Gasteiger charge is -2.15. The molecule has 0 fully saturated rings. The first-order chi connectivity index (χ1) is 6.66. The van der Waals surface area contributed by atoms with Gasteiger partial charge in [-0.15, -0.1) is 0 Å². The van der Waals surface area contributed by atoms with E-state index in [4.69, 9.17) is 16.2 Å². The maximum Gasteiger partial charge on any atom is 0.128 e. The van der Waals surface area contributed by atoms with E-state index in [2.05, 4.69) is 4.98 Å². The minimum absolute atomic E-state index is 0.0938. The fourth-order valence-corrected chi connectivity index (χ4v) is 1.46. The van der Waals surface area contributed by atoms with Crippen LogP contribution in [0, 0.1) is 6.92 Å². The lowest BCUT2D eigenvalue weighted by atomic mass is 10.0. The number of aromatic nitrogens is 1. The first kappa shape index (κ1) is 10.9. The number of nitrogens with zero attached hydrogens (tertiary/aromatic N) is 1. The molecule has 1 unspecified atom stereocenters. The van der Waals surface area contributed by atoms with E-state index in [9.17, 15) is 0 Å². The normalized spacial score (nSPS) is 12.8. The van der Waals surface area contributed by atoms with Gasteiger partial charge in [-0.2, -0.15) is 0 Å². The summed E-state index contributed by atoms with van der Waals surface area (Å²) in [7, 11) is 1.66. The molecule has 0 saturated heterocycles. The van der Waals surface area contributed by atoms with E-state index in [1.807, 2.05) is 13.0 Å². The number of nitrogens with two attached hydrogens (primary N) is 2. The molecule has 1 aromatic rings. The number of rotatable bonds is 4. The number of methoxy groups -OCH3 is 1. The maximum atomic E-state index is 5.98. The Bertz CT molecular complexity index is 281. The number of pyridine rings is 1. The zero-order valence-electron chi connectivity index (χ0n) is 8.66. The number of ether oxygens (including phenoxy) is 1. The van der Waals surface area contributed by atoms with Gasteiger partial charge in [-0.1, -0.05) is 0 Å². The molecule has 0 aliphatic rings. The van der Waals surface area contributed by atoms with Gasteiger partial charge in [0.05, 0.1) is 0 Å². The van der Waals surface area contributed by atoms with Crippen molar-refractivity contribution in [2.24, 2.45) is 5.73 Å². The predicted molar refractivity (Wildman–Crippen MR) is 56.8 cm³/mol. The summed E-state index contributed by atoms with van der Waals surface area (Å²) in [6, 6.07) is 1.82. The highest BCUT2D eigenvalue weighted by Gasteiger charge is 2.12. The summed E-state index contributed by atoms with van der Waals surface area (Å²) in [4.78, 5) is 4.03. The zero-order chi connectivity index (χ0) is 10.6. The molecular weight excluding hydrogens is 178 g/mol. The van der Waals surface area contributed by atoms with Crippen molar-refractivity contribution in [1.29, 1.82) is 0 Å². The number of hydrogen-bond donors (Lipinski definition) is 2. The van der Waals surface area contributed by atoms with Gasteiger partial charge in [-0.25, -0.2) is 4.98 Å². The molecule has 4 nitrogen and oxygen atoms in total. The molecule has 0 aliphatic heterocycles. The summed E-state index contributed by atoms with van der Waals surface area (Å²) in [5, 5.41) is 0. The van der Waals surface area contributed by atoms with Crippen LogP contribution in [0.1, 0.15) is 23.6 Å². The van der Waals surface area contributed by atoms with Crippen molar-refractivity contribution in [2.75, 3.05) is 19.5 Å². The molecule has 14 heavy (non-hydrogen) atoms. The van der Waals surface area contributed by atoms with Crippen LogP contribution in [0.2, 0.25) is 0 Å². The first-order valence-electron chi connectivity index (χ1n) is 4.62. The minimum atomic E-state index is -0.0938. The molecule has 4 heteroatoms. The quantitative estimate of drug-likeness (QED) is 0.752. The Hall–Kier alpha value is -1.13.